The number of hydrogen-bond donors (Lipinski definition) is 1. The molecular weight excluding hydrogens is 400 g/mol. The van der Waals surface area contributed by atoms with E-state index < -0.39 is 46.6 Å². The van der Waals surface area contributed by atoms with Crippen LogP contribution in [0.4, 0.5) is 0 Å². The van der Waals surface area contributed by atoms with Gasteiger partial charge in [-0.3, -0.25) is 14.4 Å². The summed E-state index contributed by atoms with van der Waals surface area (Å²) in [7, 11) is 0. The topological polar surface area (TPSA) is 102 Å². The molecule has 7 heteroatoms. The highest BCUT2D eigenvalue weighted by atomic mass is 16.6. The number of aliphatic hydroxyl groups is 1. The smallest absolute Gasteiger partial charge is 0.303 e. The highest BCUT2D eigenvalue weighted by Gasteiger charge is 2.72. The number of epoxide rings is 1. The van der Waals surface area contributed by atoms with Crippen LogP contribution in [0.1, 0.15) is 67.2 Å². The van der Waals surface area contributed by atoms with Gasteiger partial charge in [-0.15, -0.1) is 0 Å². The minimum atomic E-state index is -0.803. The van der Waals surface area contributed by atoms with Crippen LogP contribution in [0.2, 0.25) is 0 Å². The molecule has 1 heterocycles. The van der Waals surface area contributed by atoms with E-state index in [1.807, 2.05) is 20.8 Å². The molecule has 1 saturated heterocycles. The summed E-state index contributed by atoms with van der Waals surface area (Å²) in [5.74, 6) is -1.79. The van der Waals surface area contributed by atoms with E-state index in [1.54, 1.807) is 0 Å². The fourth-order valence-electron chi connectivity index (χ4n) is 7.32. The Morgan fingerprint density at radius 1 is 1.13 bits per heavy atom. The minimum Gasteiger partial charge on any atom is -0.461 e. The van der Waals surface area contributed by atoms with Gasteiger partial charge in [-0.25, -0.2) is 0 Å². The molecule has 2 bridgehead atoms. The lowest BCUT2D eigenvalue weighted by molar-refractivity contribution is -0.194. The molecule has 3 fully saturated rings. The standard InChI is InChI=1S/C24H34O7/c1-12-9-15(27)19-20(31-14(3)26)21-23(6,10-16(28)18(12)22(19,4)5)8-7-17(30-13(2)25)24(21)11-29-24/h16-17,19-21,28H,7-11H2,1-6H3/t16-,17-,19-,20+,21-,23-,24+/m0/s1. The van der Waals surface area contributed by atoms with Gasteiger partial charge in [-0.05, 0) is 37.2 Å². The summed E-state index contributed by atoms with van der Waals surface area (Å²) in [5, 5.41) is 11.4. The third-order valence-electron chi connectivity index (χ3n) is 8.26. The van der Waals surface area contributed by atoms with Crippen LogP contribution in [0.3, 0.4) is 0 Å². The lowest BCUT2D eigenvalue weighted by Crippen LogP contribution is -2.64. The molecule has 1 aliphatic heterocycles. The van der Waals surface area contributed by atoms with Gasteiger partial charge in [0.05, 0.1) is 18.6 Å². The fourth-order valence-corrected chi connectivity index (χ4v) is 7.32. The van der Waals surface area contributed by atoms with Crippen LogP contribution in [0.15, 0.2) is 11.1 Å². The van der Waals surface area contributed by atoms with Crippen molar-refractivity contribution in [2.24, 2.45) is 22.7 Å². The van der Waals surface area contributed by atoms with Gasteiger partial charge in [0.2, 0.25) is 0 Å². The second kappa shape index (κ2) is 7.14. The van der Waals surface area contributed by atoms with Crippen molar-refractivity contribution in [3.63, 3.8) is 0 Å². The number of aliphatic hydroxyl groups excluding tert-OH is 1. The minimum absolute atomic E-state index is 0.0133. The van der Waals surface area contributed by atoms with Crippen molar-refractivity contribution in [2.75, 3.05) is 6.61 Å². The summed E-state index contributed by atoms with van der Waals surface area (Å²) in [4.78, 5) is 37.5. The van der Waals surface area contributed by atoms with E-state index in [0.29, 0.717) is 25.9 Å². The van der Waals surface area contributed by atoms with Gasteiger partial charge in [0, 0.05) is 31.6 Å². The molecule has 4 aliphatic rings. The van der Waals surface area contributed by atoms with Crippen LogP contribution in [-0.2, 0) is 28.6 Å². The maximum absolute atomic E-state index is 13.4. The molecule has 0 radical (unpaired) electrons. The maximum atomic E-state index is 13.4. The quantitative estimate of drug-likeness (QED) is 0.405. The maximum Gasteiger partial charge on any atom is 0.303 e. The first-order valence-electron chi connectivity index (χ1n) is 11.2. The van der Waals surface area contributed by atoms with Crippen molar-refractivity contribution in [3.05, 3.63) is 11.1 Å². The average Bonchev–Trinajstić information content (AvgIpc) is 3.35. The third kappa shape index (κ3) is 3.35. The second-order valence-electron chi connectivity index (χ2n) is 10.8. The van der Waals surface area contributed by atoms with Crippen LogP contribution in [0.5, 0.6) is 0 Å². The molecule has 172 valence electrons. The molecule has 0 amide bonds. The number of Topliss-reactive ketones (excluding diaryl/α,β-unsaturated/α-hetero) is 1. The van der Waals surface area contributed by atoms with Gasteiger partial charge in [-0.2, -0.15) is 0 Å². The van der Waals surface area contributed by atoms with E-state index in [4.69, 9.17) is 14.2 Å². The average molecular weight is 435 g/mol. The van der Waals surface area contributed by atoms with Gasteiger partial charge in [0.1, 0.15) is 23.6 Å². The summed E-state index contributed by atoms with van der Waals surface area (Å²) in [5.41, 5.74) is -0.132. The molecule has 0 aromatic heterocycles. The Labute approximate surface area is 183 Å². The molecule has 0 aromatic carbocycles. The highest BCUT2D eigenvalue weighted by molar-refractivity contribution is 5.87. The number of hydrogen-bond acceptors (Lipinski definition) is 7. The molecule has 3 aliphatic carbocycles. The molecule has 1 spiro atoms. The Morgan fingerprint density at radius 3 is 2.29 bits per heavy atom. The van der Waals surface area contributed by atoms with E-state index >= 15 is 0 Å². The van der Waals surface area contributed by atoms with Crippen LogP contribution in [-0.4, -0.2) is 53.3 Å². The number of rotatable bonds is 2. The molecule has 0 aromatic rings. The van der Waals surface area contributed by atoms with Crippen molar-refractivity contribution < 1.29 is 33.7 Å². The number of fused-ring (bicyclic) bond motifs is 4. The Morgan fingerprint density at radius 2 is 1.74 bits per heavy atom. The second-order valence-corrected chi connectivity index (χ2v) is 10.8. The lowest BCUT2D eigenvalue weighted by Gasteiger charge is -2.57. The van der Waals surface area contributed by atoms with Gasteiger partial charge >= 0.3 is 11.9 Å². The lowest BCUT2D eigenvalue weighted by atomic mass is 9.49. The zero-order chi connectivity index (χ0) is 22.9. The number of carbonyl (C=O) groups is 3. The SMILES string of the molecule is CC(=O)O[C@@H]1[C@@H]2C(=O)CC(C)=C([C@@H](O)C[C@]3(C)CC[C@H](OC(C)=O)[C@]4(CO4)[C@@H]13)C2(C)C. The predicted molar refractivity (Wildman–Crippen MR) is 111 cm³/mol. The van der Waals surface area contributed by atoms with Crippen molar-refractivity contribution in [3.8, 4) is 0 Å². The van der Waals surface area contributed by atoms with E-state index in [-0.39, 0.29) is 24.1 Å². The van der Waals surface area contributed by atoms with Crippen molar-refractivity contribution in [1.82, 2.24) is 0 Å². The van der Waals surface area contributed by atoms with Gasteiger partial charge in [0.25, 0.3) is 0 Å². The number of esters is 2. The Kier molecular flexibility index (Phi) is 5.17. The molecule has 7 atom stereocenters. The molecule has 31 heavy (non-hydrogen) atoms. The van der Waals surface area contributed by atoms with Gasteiger partial charge in [-0.1, -0.05) is 26.3 Å². The molecule has 4 rings (SSSR count). The molecule has 0 unspecified atom stereocenters. The van der Waals surface area contributed by atoms with Crippen LogP contribution in [0, 0.1) is 22.7 Å². The molecular formula is C24H34O7. The van der Waals surface area contributed by atoms with Crippen LogP contribution in [0.25, 0.3) is 0 Å². The first-order valence-corrected chi connectivity index (χ1v) is 11.2. The van der Waals surface area contributed by atoms with E-state index in [0.717, 1.165) is 11.1 Å². The van der Waals surface area contributed by atoms with Crippen molar-refractivity contribution in [2.45, 2.75) is 91.1 Å². The van der Waals surface area contributed by atoms with Gasteiger partial charge < -0.3 is 19.3 Å². The van der Waals surface area contributed by atoms with E-state index in [1.165, 1.54) is 13.8 Å². The van der Waals surface area contributed by atoms with Gasteiger partial charge in [0.15, 0.2) is 0 Å². The highest BCUT2D eigenvalue weighted by Crippen LogP contribution is 2.64. The third-order valence-corrected chi connectivity index (χ3v) is 8.26. The summed E-state index contributed by atoms with van der Waals surface area (Å²) >= 11 is 0. The number of carbonyl (C=O) groups excluding carboxylic acids is 3. The fraction of sp³-hybridized carbons (Fsp3) is 0.792. The Bertz CT molecular complexity index is 852. The Hall–Kier alpha value is -1.73. The zero-order valence-corrected chi connectivity index (χ0v) is 19.3. The van der Waals surface area contributed by atoms with Crippen molar-refractivity contribution >= 4 is 17.7 Å². The number of ketones is 1. The first kappa shape index (κ1) is 22.5. The zero-order valence-electron chi connectivity index (χ0n) is 19.3. The van der Waals surface area contributed by atoms with Crippen molar-refractivity contribution in [1.29, 1.82) is 0 Å². The summed E-state index contributed by atoms with van der Waals surface area (Å²) in [6, 6.07) is 0. The predicted octanol–water partition coefficient (Wildman–Crippen LogP) is 2.73. The normalized spacial score (nSPS) is 43.6. The van der Waals surface area contributed by atoms with Crippen LogP contribution >= 0.6 is 0 Å². The van der Waals surface area contributed by atoms with E-state index in [9.17, 15) is 19.5 Å². The molecule has 1 N–H and O–H groups in total. The first-order chi connectivity index (χ1) is 14.3. The summed E-state index contributed by atoms with van der Waals surface area (Å²) in [6.45, 7) is 11.0. The number of ether oxygens (including phenoxy) is 3. The molecule has 7 nitrogen and oxygen atoms in total. The number of allylic oxidation sites excluding steroid dienone is 1. The van der Waals surface area contributed by atoms with Crippen LogP contribution < -0.4 is 0 Å². The van der Waals surface area contributed by atoms with E-state index in [2.05, 4.69) is 6.92 Å². The molecule has 2 saturated carbocycles. The monoisotopic (exact) mass is 434 g/mol. The summed E-state index contributed by atoms with van der Waals surface area (Å²) in [6.07, 6.45) is 0.109. The summed E-state index contributed by atoms with van der Waals surface area (Å²) < 4.78 is 17.6. The largest absolute Gasteiger partial charge is 0.461 e. The Balaban J connectivity index is 1.91.